The van der Waals surface area contributed by atoms with Crippen molar-refractivity contribution in [3.8, 4) is 0 Å². The van der Waals surface area contributed by atoms with Crippen molar-refractivity contribution in [2.75, 3.05) is 5.43 Å². The maximum Gasteiger partial charge on any atom is 0.216 e. The van der Waals surface area contributed by atoms with Gasteiger partial charge in [0.1, 0.15) is 5.03 Å². The molecule has 9 heteroatoms. The number of aromatic nitrogens is 7. The Morgan fingerprint density at radius 2 is 1.67 bits per heavy atom. The smallest absolute Gasteiger partial charge is 0.216 e. The monoisotopic (exact) mass is 372 g/mol. The van der Waals surface area contributed by atoms with E-state index in [0.717, 1.165) is 38.1 Å². The second-order valence-electron chi connectivity index (χ2n) is 6.18. The molecule has 5 aromatic rings. The zero-order valence-corrected chi connectivity index (χ0v) is 14.8. The fraction of sp³-hybridized carbons (Fsp3) is 0.0556. The third kappa shape index (κ3) is 2.28. The molecule has 3 aromatic heterocycles. The molecular formula is C18H12N8S. The van der Waals surface area contributed by atoms with Gasteiger partial charge in [-0.1, -0.05) is 24.3 Å². The van der Waals surface area contributed by atoms with E-state index in [9.17, 15) is 0 Å². The Morgan fingerprint density at radius 1 is 0.889 bits per heavy atom. The number of nitrogens with one attached hydrogen (secondary N) is 1. The highest BCUT2D eigenvalue weighted by Gasteiger charge is 2.24. The number of hydrogen-bond donors (Lipinski definition) is 1. The van der Waals surface area contributed by atoms with Crippen LogP contribution in [0.3, 0.4) is 0 Å². The predicted molar refractivity (Wildman–Crippen MR) is 102 cm³/mol. The number of imidazole rings is 1. The summed E-state index contributed by atoms with van der Waals surface area (Å²) in [6.45, 7) is 0.553. The minimum Gasteiger partial charge on any atom is -0.323 e. The van der Waals surface area contributed by atoms with E-state index in [1.165, 1.54) is 11.8 Å². The standard InChI is InChI=1S/C18H12N8S/c1-2-6-12-11(5-1)20-16-17(21-12)27-18-23-22-15(26(18)24-16)9-25-10-19-13-7-3-4-8-14(13)25/h1-8,10H,9H2,(H,20,24). The normalized spacial score (nSPS) is 12.7. The van der Waals surface area contributed by atoms with E-state index in [1.54, 1.807) is 0 Å². The van der Waals surface area contributed by atoms with Crippen LogP contribution in [0.1, 0.15) is 5.82 Å². The summed E-state index contributed by atoms with van der Waals surface area (Å²) in [7, 11) is 0. The number of benzene rings is 2. The van der Waals surface area contributed by atoms with Crippen molar-refractivity contribution in [2.24, 2.45) is 0 Å². The van der Waals surface area contributed by atoms with Crippen LogP contribution in [-0.4, -0.2) is 34.4 Å². The molecule has 1 aliphatic heterocycles. The molecule has 8 nitrogen and oxygen atoms in total. The number of para-hydroxylation sites is 4. The summed E-state index contributed by atoms with van der Waals surface area (Å²) in [4.78, 5) is 13.8. The molecule has 0 unspecified atom stereocenters. The molecule has 2 aromatic carbocycles. The van der Waals surface area contributed by atoms with Gasteiger partial charge in [-0.2, -0.15) is 0 Å². The van der Waals surface area contributed by atoms with E-state index in [-0.39, 0.29) is 0 Å². The molecule has 0 radical (unpaired) electrons. The van der Waals surface area contributed by atoms with E-state index in [4.69, 9.17) is 4.98 Å². The van der Waals surface area contributed by atoms with E-state index in [2.05, 4.69) is 30.2 Å². The van der Waals surface area contributed by atoms with Crippen molar-refractivity contribution < 1.29 is 0 Å². The molecule has 0 aliphatic carbocycles. The van der Waals surface area contributed by atoms with Gasteiger partial charge in [0, 0.05) is 0 Å². The Hall–Kier alpha value is -3.46. The van der Waals surface area contributed by atoms with Gasteiger partial charge in [0.05, 0.1) is 34.9 Å². The Labute approximate surface area is 157 Å². The summed E-state index contributed by atoms with van der Waals surface area (Å²) >= 11 is 1.46. The second kappa shape index (κ2) is 5.52. The van der Waals surface area contributed by atoms with Gasteiger partial charge in [0.25, 0.3) is 0 Å². The topological polar surface area (TPSA) is 86.3 Å². The van der Waals surface area contributed by atoms with Gasteiger partial charge < -0.3 is 4.57 Å². The van der Waals surface area contributed by atoms with Gasteiger partial charge in [0.15, 0.2) is 11.6 Å². The number of rotatable bonds is 2. The summed E-state index contributed by atoms with van der Waals surface area (Å²) in [5.41, 5.74) is 7.04. The van der Waals surface area contributed by atoms with Crippen LogP contribution in [0, 0.1) is 0 Å². The zero-order chi connectivity index (χ0) is 17.8. The van der Waals surface area contributed by atoms with Gasteiger partial charge in [-0.3, -0.25) is 5.43 Å². The second-order valence-corrected chi connectivity index (χ2v) is 7.13. The van der Waals surface area contributed by atoms with Crippen LogP contribution in [0.2, 0.25) is 0 Å². The third-order valence-electron chi connectivity index (χ3n) is 4.48. The molecule has 0 atom stereocenters. The molecule has 0 fully saturated rings. The summed E-state index contributed by atoms with van der Waals surface area (Å²) in [5, 5.41) is 10.2. The SMILES string of the molecule is c1ccc2nc3c(nc2c1)Nn1c(Cn2cnc4ccccc42)nnc1S3. The average Bonchev–Trinajstić information content (AvgIpc) is 3.29. The zero-order valence-electron chi connectivity index (χ0n) is 13.9. The van der Waals surface area contributed by atoms with E-state index < -0.39 is 0 Å². The van der Waals surface area contributed by atoms with Crippen molar-refractivity contribution in [3.05, 3.63) is 60.7 Å². The van der Waals surface area contributed by atoms with Gasteiger partial charge >= 0.3 is 0 Å². The Morgan fingerprint density at radius 3 is 2.56 bits per heavy atom. The van der Waals surface area contributed by atoms with Crippen LogP contribution in [0.4, 0.5) is 5.82 Å². The summed E-state index contributed by atoms with van der Waals surface area (Å²) < 4.78 is 3.92. The third-order valence-corrected chi connectivity index (χ3v) is 5.41. The van der Waals surface area contributed by atoms with Gasteiger partial charge in [-0.15, -0.1) is 10.2 Å². The van der Waals surface area contributed by atoms with E-state index in [0.29, 0.717) is 12.4 Å². The quantitative estimate of drug-likeness (QED) is 0.500. The van der Waals surface area contributed by atoms with Crippen LogP contribution < -0.4 is 5.43 Å². The molecule has 0 saturated carbocycles. The van der Waals surface area contributed by atoms with Crippen LogP contribution >= 0.6 is 11.8 Å². The lowest BCUT2D eigenvalue weighted by Gasteiger charge is -2.19. The average molecular weight is 372 g/mol. The van der Waals surface area contributed by atoms with Crippen LogP contribution in [0.25, 0.3) is 22.1 Å². The van der Waals surface area contributed by atoms with Crippen LogP contribution in [0.5, 0.6) is 0 Å². The van der Waals surface area contributed by atoms with Gasteiger partial charge in [0.2, 0.25) is 5.16 Å². The van der Waals surface area contributed by atoms with E-state index in [1.807, 2.05) is 59.5 Å². The van der Waals surface area contributed by atoms with Crippen molar-refractivity contribution in [1.82, 2.24) is 34.4 Å². The van der Waals surface area contributed by atoms with E-state index >= 15 is 0 Å². The number of nitrogens with zero attached hydrogens (tertiary/aromatic N) is 7. The molecule has 1 aliphatic rings. The molecule has 0 bridgehead atoms. The lowest BCUT2D eigenvalue weighted by molar-refractivity contribution is 0.693. The van der Waals surface area contributed by atoms with Crippen molar-refractivity contribution in [3.63, 3.8) is 0 Å². The highest BCUT2D eigenvalue weighted by molar-refractivity contribution is 7.99. The van der Waals surface area contributed by atoms with Crippen molar-refractivity contribution in [2.45, 2.75) is 16.7 Å². The Balaban J connectivity index is 1.40. The maximum absolute atomic E-state index is 4.69. The first kappa shape index (κ1) is 14.7. The maximum atomic E-state index is 4.69. The number of hydrogen-bond acceptors (Lipinski definition) is 7. The molecule has 0 spiro atoms. The molecular weight excluding hydrogens is 360 g/mol. The molecule has 6 rings (SSSR count). The van der Waals surface area contributed by atoms with Crippen LogP contribution in [-0.2, 0) is 6.54 Å². The molecule has 4 heterocycles. The fourth-order valence-electron chi connectivity index (χ4n) is 3.19. The Kier molecular flexibility index (Phi) is 3.00. The largest absolute Gasteiger partial charge is 0.323 e. The summed E-state index contributed by atoms with van der Waals surface area (Å²) in [5.74, 6) is 1.49. The minimum absolute atomic E-state index is 0.553. The van der Waals surface area contributed by atoms with Gasteiger partial charge in [-0.25, -0.2) is 19.6 Å². The summed E-state index contributed by atoms with van der Waals surface area (Å²) in [6, 6.07) is 15.9. The van der Waals surface area contributed by atoms with Crippen molar-refractivity contribution in [1.29, 1.82) is 0 Å². The molecule has 0 amide bonds. The first-order valence-corrected chi connectivity index (χ1v) is 9.23. The molecule has 1 N–H and O–H groups in total. The van der Waals surface area contributed by atoms with Gasteiger partial charge in [-0.05, 0) is 36.0 Å². The van der Waals surface area contributed by atoms with Crippen molar-refractivity contribution >= 4 is 39.6 Å². The highest BCUT2D eigenvalue weighted by atomic mass is 32.2. The fourth-order valence-corrected chi connectivity index (χ4v) is 4.02. The Bertz CT molecular complexity index is 1320. The molecule has 130 valence electrons. The number of anilines is 1. The highest BCUT2D eigenvalue weighted by Crippen LogP contribution is 2.35. The lowest BCUT2D eigenvalue weighted by Crippen LogP contribution is -2.20. The minimum atomic E-state index is 0.553. The summed E-state index contributed by atoms with van der Waals surface area (Å²) in [6.07, 6.45) is 1.82. The first-order chi connectivity index (χ1) is 13.3. The molecule has 27 heavy (non-hydrogen) atoms. The number of fused-ring (bicyclic) bond motifs is 4. The van der Waals surface area contributed by atoms with Crippen LogP contribution in [0.15, 0.2) is 65.0 Å². The first-order valence-electron chi connectivity index (χ1n) is 8.41. The predicted octanol–water partition coefficient (Wildman–Crippen LogP) is 2.96. The molecule has 0 saturated heterocycles. The lowest BCUT2D eigenvalue weighted by atomic mass is 10.3.